The number of hydrogen-bond donors (Lipinski definition) is 1. The normalized spacial score (nSPS) is 17.3. The van der Waals surface area contributed by atoms with Crippen molar-refractivity contribution in [3.8, 4) is 12.3 Å². The summed E-state index contributed by atoms with van der Waals surface area (Å²) < 4.78 is 0. The molecule has 0 aliphatic carbocycles. The van der Waals surface area contributed by atoms with Crippen molar-refractivity contribution in [1.82, 2.24) is 0 Å². The number of terminal acetylenes is 1. The Balaban J connectivity index is 2.00. The second-order valence-corrected chi connectivity index (χ2v) is 4.63. The van der Waals surface area contributed by atoms with Crippen LogP contribution in [-0.2, 0) is 0 Å². The lowest BCUT2D eigenvalue weighted by Gasteiger charge is -2.29. The SMILES string of the molecule is C#CC(C)Nc1ccc(N2CCCCC2)cc1. The van der Waals surface area contributed by atoms with Crippen LogP contribution in [0.25, 0.3) is 0 Å². The summed E-state index contributed by atoms with van der Waals surface area (Å²) in [6, 6.07) is 8.65. The van der Waals surface area contributed by atoms with E-state index in [0.717, 1.165) is 5.69 Å². The average molecular weight is 228 g/mol. The molecule has 1 fully saturated rings. The Kier molecular flexibility index (Phi) is 3.93. The van der Waals surface area contributed by atoms with Gasteiger partial charge in [0, 0.05) is 24.5 Å². The van der Waals surface area contributed by atoms with Crippen LogP contribution in [0.1, 0.15) is 26.2 Å². The predicted octanol–water partition coefficient (Wildman–Crippen LogP) is 3.11. The van der Waals surface area contributed by atoms with Crippen LogP contribution in [0.15, 0.2) is 24.3 Å². The van der Waals surface area contributed by atoms with Crippen LogP contribution in [-0.4, -0.2) is 19.1 Å². The zero-order chi connectivity index (χ0) is 12.1. The Hall–Kier alpha value is -1.62. The van der Waals surface area contributed by atoms with Gasteiger partial charge in [-0.1, -0.05) is 5.92 Å². The lowest BCUT2D eigenvalue weighted by Crippen LogP contribution is -2.29. The lowest BCUT2D eigenvalue weighted by atomic mass is 10.1. The van der Waals surface area contributed by atoms with Crippen molar-refractivity contribution in [2.75, 3.05) is 23.3 Å². The first-order valence-electron chi connectivity index (χ1n) is 6.37. The molecule has 1 unspecified atom stereocenters. The van der Waals surface area contributed by atoms with Crippen molar-refractivity contribution in [3.63, 3.8) is 0 Å². The maximum absolute atomic E-state index is 5.35. The van der Waals surface area contributed by atoms with Gasteiger partial charge in [-0.05, 0) is 50.5 Å². The van der Waals surface area contributed by atoms with Crippen LogP contribution in [0, 0.1) is 12.3 Å². The van der Waals surface area contributed by atoms with Crippen LogP contribution in [0.5, 0.6) is 0 Å². The first-order valence-corrected chi connectivity index (χ1v) is 6.37. The summed E-state index contributed by atoms with van der Waals surface area (Å²) in [5.41, 5.74) is 2.42. The standard InChI is InChI=1S/C15H20N2/c1-3-13(2)16-14-7-9-15(10-8-14)17-11-5-4-6-12-17/h1,7-10,13,16H,4-6,11-12H2,2H3. The first kappa shape index (κ1) is 11.9. The van der Waals surface area contributed by atoms with Gasteiger partial charge in [0.15, 0.2) is 0 Å². The van der Waals surface area contributed by atoms with E-state index in [-0.39, 0.29) is 6.04 Å². The number of nitrogens with one attached hydrogen (secondary N) is 1. The zero-order valence-electron chi connectivity index (χ0n) is 10.4. The molecular formula is C15H20N2. The summed E-state index contributed by atoms with van der Waals surface area (Å²) in [7, 11) is 0. The quantitative estimate of drug-likeness (QED) is 0.800. The summed E-state index contributed by atoms with van der Waals surface area (Å²) in [4.78, 5) is 2.46. The fourth-order valence-electron chi connectivity index (χ4n) is 2.21. The number of rotatable bonds is 3. The Bertz CT molecular complexity index is 382. The molecule has 1 aliphatic heterocycles. The molecule has 2 heteroatoms. The van der Waals surface area contributed by atoms with Gasteiger partial charge in [0.2, 0.25) is 0 Å². The molecule has 0 aromatic heterocycles. The van der Waals surface area contributed by atoms with E-state index in [0.29, 0.717) is 0 Å². The van der Waals surface area contributed by atoms with Gasteiger partial charge in [0.05, 0.1) is 6.04 Å². The molecule has 1 N–H and O–H groups in total. The van der Waals surface area contributed by atoms with E-state index >= 15 is 0 Å². The van der Waals surface area contributed by atoms with Crippen molar-refractivity contribution in [1.29, 1.82) is 0 Å². The van der Waals surface area contributed by atoms with Gasteiger partial charge >= 0.3 is 0 Å². The van der Waals surface area contributed by atoms with Gasteiger partial charge in [-0.2, -0.15) is 0 Å². The summed E-state index contributed by atoms with van der Waals surface area (Å²) >= 11 is 0. The van der Waals surface area contributed by atoms with E-state index in [4.69, 9.17) is 6.42 Å². The van der Waals surface area contributed by atoms with Gasteiger partial charge in [0.25, 0.3) is 0 Å². The van der Waals surface area contributed by atoms with Crippen LogP contribution in [0.4, 0.5) is 11.4 Å². The zero-order valence-corrected chi connectivity index (χ0v) is 10.4. The molecule has 90 valence electrons. The van der Waals surface area contributed by atoms with Crippen LogP contribution >= 0.6 is 0 Å². The highest BCUT2D eigenvalue weighted by Gasteiger charge is 2.10. The third kappa shape index (κ3) is 3.17. The number of benzene rings is 1. The van der Waals surface area contributed by atoms with E-state index in [1.165, 1.54) is 38.0 Å². The maximum Gasteiger partial charge on any atom is 0.0845 e. The Morgan fingerprint density at radius 1 is 1.18 bits per heavy atom. The van der Waals surface area contributed by atoms with Crippen LogP contribution in [0.2, 0.25) is 0 Å². The topological polar surface area (TPSA) is 15.3 Å². The minimum atomic E-state index is 0.0795. The highest BCUT2D eigenvalue weighted by molar-refractivity contribution is 5.56. The number of hydrogen-bond acceptors (Lipinski definition) is 2. The summed E-state index contributed by atoms with van der Waals surface area (Å²) in [6.07, 6.45) is 9.34. The summed E-state index contributed by atoms with van der Waals surface area (Å²) in [5.74, 6) is 2.67. The second-order valence-electron chi connectivity index (χ2n) is 4.63. The molecule has 1 atom stereocenters. The highest BCUT2D eigenvalue weighted by atomic mass is 15.1. The van der Waals surface area contributed by atoms with Crippen molar-refractivity contribution in [3.05, 3.63) is 24.3 Å². The van der Waals surface area contributed by atoms with E-state index < -0.39 is 0 Å². The molecule has 2 rings (SSSR count). The molecule has 1 aromatic carbocycles. The fourth-order valence-corrected chi connectivity index (χ4v) is 2.21. The molecule has 1 aliphatic rings. The van der Waals surface area contributed by atoms with Crippen molar-refractivity contribution in [2.45, 2.75) is 32.2 Å². The van der Waals surface area contributed by atoms with E-state index in [1.54, 1.807) is 0 Å². The Morgan fingerprint density at radius 2 is 1.82 bits per heavy atom. The van der Waals surface area contributed by atoms with Gasteiger partial charge in [0.1, 0.15) is 0 Å². The largest absolute Gasteiger partial charge is 0.372 e. The van der Waals surface area contributed by atoms with Gasteiger partial charge in [-0.15, -0.1) is 6.42 Å². The van der Waals surface area contributed by atoms with E-state index in [1.807, 2.05) is 6.92 Å². The Labute approximate surface area is 104 Å². The second kappa shape index (κ2) is 5.63. The van der Waals surface area contributed by atoms with Crippen LogP contribution in [0.3, 0.4) is 0 Å². The molecule has 17 heavy (non-hydrogen) atoms. The predicted molar refractivity (Wildman–Crippen MR) is 74.4 cm³/mol. The molecule has 0 radical (unpaired) electrons. The minimum Gasteiger partial charge on any atom is -0.372 e. The van der Waals surface area contributed by atoms with Crippen molar-refractivity contribution in [2.24, 2.45) is 0 Å². The van der Waals surface area contributed by atoms with E-state index in [9.17, 15) is 0 Å². The molecule has 1 saturated heterocycles. The average Bonchev–Trinajstić information content (AvgIpc) is 2.40. The third-order valence-electron chi connectivity index (χ3n) is 3.22. The highest BCUT2D eigenvalue weighted by Crippen LogP contribution is 2.21. The number of anilines is 2. The smallest absolute Gasteiger partial charge is 0.0845 e. The molecular weight excluding hydrogens is 208 g/mol. The van der Waals surface area contributed by atoms with Crippen molar-refractivity contribution < 1.29 is 0 Å². The van der Waals surface area contributed by atoms with Crippen molar-refractivity contribution >= 4 is 11.4 Å². The number of piperidine rings is 1. The molecule has 1 aromatic rings. The molecule has 0 bridgehead atoms. The summed E-state index contributed by atoms with van der Waals surface area (Å²) in [5, 5.41) is 3.27. The minimum absolute atomic E-state index is 0.0795. The molecule has 2 nitrogen and oxygen atoms in total. The number of nitrogens with zero attached hydrogens (tertiary/aromatic N) is 1. The monoisotopic (exact) mass is 228 g/mol. The van der Waals surface area contributed by atoms with Gasteiger partial charge < -0.3 is 10.2 Å². The first-order chi connectivity index (χ1) is 8.29. The molecule has 0 saturated carbocycles. The third-order valence-corrected chi connectivity index (χ3v) is 3.22. The van der Waals surface area contributed by atoms with E-state index in [2.05, 4.69) is 40.4 Å². The fraction of sp³-hybridized carbons (Fsp3) is 0.467. The molecule has 0 amide bonds. The van der Waals surface area contributed by atoms with Gasteiger partial charge in [-0.3, -0.25) is 0 Å². The van der Waals surface area contributed by atoms with Crippen LogP contribution < -0.4 is 10.2 Å². The molecule has 1 heterocycles. The van der Waals surface area contributed by atoms with Gasteiger partial charge in [-0.25, -0.2) is 0 Å². The lowest BCUT2D eigenvalue weighted by molar-refractivity contribution is 0.578. The Morgan fingerprint density at radius 3 is 2.41 bits per heavy atom. The molecule has 0 spiro atoms. The summed E-state index contributed by atoms with van der Waals surface area (Å²) in [6.45, 7) is 4.36. The maximum atomic E-state index is 5.35.